The highest BCUT2D eigenvalue weighted by Crippen LogP contribution is 2.44. The van der Waals surface area contributed by atoms with E-state index in [4.69, 9.17) is 15.0 Å². The molecule has 282 valence electrons. The lowest BCUT2D eigenvalue weighted by Crippen LogP contribution is -2.03. The number of hydrogen-bond acceptors (Lipinski definition) is 4. The van der Waals surface area contributed by atoms with Gasteiger partial charge in [-0.05, 0) is 84.3 Å². The Morgan fingerprint density at radius 2 is 1.12 bits per heavy atom. The lowest BCUT2D eigenvalue weighted by Gasteiger charge is -2.15. The fourth-order valence-corrected chi connectivity index (χ4v) is 9.62. The average molecular weight is 769 g/mol. The summed E-state index contributed by atoms with van der Waals surface area (Å²) in [7, 11) is 0. The highest BCUT2D eigenvalue weighted by molar-refractivity contribution is 7.26. The summed E-state index contributed by atoms with van der Waals surface area (Å²) < 4.78 is 5.06. The number of fused-ring (bicyclic) bond motifs is 7. The third kappa shape index (κ3) is 6.55. The van der Waals surface area contributed by atoms with Crippen molar-refractivity contribution in [3.05, 3.63) is 169 Å². The van der Waals surface area contributed by atoms with Gasteiger partial charge >= 0.3 is 0 Å². The summed E-state index contributed by atoms with van der Waals surface area (Å²) in [6.07, 6.45) is 7.01. The number of nitrogens with zero attached hydrogens (tertiary/aromatic N) is 4. The molecule has 10 rings (SSSR count). The molecular weight excluding hydrogens is 725 g/mol. The van der Waals surface area contributed by atoms with Gasteiger partial charge in [0.15, 0.2) is 17.5 Å². The van der Waals surface area contributed by atoms with E-state index in [0.29, 0.717) is 17.5 Å². The van der Waals surface area contributed by atoms with Crippen molar-refractivity contribution < 1.29 is 0 Å². The van der Waals surface area contributed by atoms with Gasteiger partial charge < -0.3 is 4.57 Å². The molecule has 58 heavy (non-hydrogen) atoms. The van der Waals surface area contributed by atoms with Crippen LogP contribution in [0.15, 0.2) is 158 Å². The van der Waals surface area contributed by atoms with Gasteiger partial charge in [0.25, 0.3) is 0 Å². The van der Waals surface area contributed by atoms with Crippen molar-refractivity contribution in [3.63, 3.8) is 0 Å². The molecule has 0 amide bonds. The van der Waals surface area contributed by atoms with E-state index in [1.54, 1.807) is 0 Å². The second-order valence-corrected chi connectivity index (χ2v) is 16.3. The SMILES string of the molecule is CCCCc1ccc(-c2cccc(-c3nc(-c4ccccc4)nc(-c4ccccc4-n4c5ccccc5c5ccc6c7cc(CCCC)ccc7sc6c54)n3)c2)cc1. The van der Waals surface area contributed by atoms with E-state index in [-0.39, 0.29) is 0 Å². The Hall–Kier alpha value is -6.43. The maximum absolute atomic E-state index is 5.31. The lowest BCUT2D eigenvalue weighted by atomic mass is 10.00. The summed E-state index contributed by atoms with van der Waals surface area (Å²) in [4.78, 5) is 15.7. The van der Waals surface area contributed by atoms with Gasteiger partial charge in [-0.25, -0.2) is 15.0 Å². The Bertz CT molecular complexity index is 3080. The van der Waals surface area contributed by atoms with Crippen molar-refractivity contribution in [1.82, 2.24) is 19.5 Å². The van der Waals surface area contributed by atoms with Crippen LogP contribution in [0.4, 0.5) is 0 Å². The van der Waals surface area contributed by atoms with E-state index in [9.17, 15) is 0 Å². The molecule has 0 saturated heterocycles. The van der Waals surface area contributed by atoms with Crippen LogP contribution < -0.4 is 0 Å². The number of benzene rings is 7. The number of thiophene rings is 1. The first-order valence-electron chi connectivity index (χ1n) is 20.6. The number of aryl methyl sites for hydroxylation is 2. The van der Waals surface area contributed by atoms with Crippen LogP contribution in [-0.4, -0.2) is 19.5 Å². The number of aromatic nitrogens is 4. The van der Waals surface area contributed by atoms with E-state index >= 15 is 0 Å². The summed E-state index contributed by atoms with van der Waals surface area (Å²) in [5.41, 5.74) is 11.4. The van der Waals surface area contributed by atoms with Crippen LogP contribution in [0.3, 0.4) is 0 Å². The molecule has 0 atom stereocenters. The maximum atomic E-state index is 5.31. The molecule has 3 aromatic heterocycles. The van der Waals surface area contributed by atoms with Gasteiger partial charge in [-0.1, -0.05) is 148 Å². The van der Waals surface area contributed by atoms with Gasteiger partial charge in [-0.2, -0.15) is 0 Å². The van der Waals surface area contributed by atoms with E-state index in [1.165, 1.54) is 78.8 Å². The molecule has 0 fully saturated rings. The van der Waals surface area contributed by atoms with Gasteiger partial charge in [0, 0.05) is 42.9 Å². The summed E-state index contributed by atoms with van der Waals surface area (Å²) in [6, 6.07) is 56.9. The Morgan fingerprint density at radius 3 is 1.95 bits per heavy atom. The van der Waals surface area contributed by atoms with Crippen molar-refractivity contribution in [2.24, 2.45) is 0 Å². The van der Waals surface area contributed by atoms with Gasteiger partial charge in [0.1, 0.15) is 0 Å². The second-order valence-electron chi connectivity index (χ2n) is 15.3. The first kappa shape index (κ1) is 35.9. The number of unbranched alkanes of at least 4 members (excludes halogenated alkanes) is 2. The van der Waals surface area contributed by atoms with Crippen molar-refractivity contribution in [2.45, 2.75) is 52.4 Å². The molecule has 0 spiro atoms. The summed E-state index contributed by atoms with van der Waals surface area (Å²) in [5, 5.41) is 5.11. The van der Waals surface area contributed by atoms with E-state index in [1.807, 2.05) is 29.5 Å². The average Bonchev–Trinajstić information content (AvgIpc) is 3.83. The number of hydrogen-bond donors (Lipinski definition) is 0. The lowest BCUT2D eigenvalue weighted by molar-refractivity contribution is 0.795. The molecule has 5 heteroatoms. The Balaban J connectivity index is 1.17. The van der Waals surface area contributed by atoms with Crippen molar-refractivity contribution in [1.29, 1.82) is 0 Å². The van der Waals surface area contributed by atoms with E-state index in [0.717, 1.165) is 46.3 Å². The fraction of sp³-hybridized carbons (Fsp3) is 0.151. The molecule has 10 aromatic rings. The minimum atomic E-state index is 0.639. The highest BCUT2D eigenvalue weighted by atomic mass is 32.1. The first-order valence-corrected chi connectivity index (χ1v) is 21.5. The molecular formula is C53H44N4S. The quantitative estimate of drug-likeness (QED) is 0.132. The van der Waals surface area contributed by atoms with Crippen LogP contribution in [-0.2, 0) is 12.8 Å². The van der Waals surface area contributed by atoms with Gasteiger partial charge in [0.05, 0.1) is 21.4 Å². The zero-order chi connectivity index (χ0) is 39.0. The molecule has 4 nitrogen and oxygen atoms in total. The smallest absolute Gasteiger partial charge is 0.166 e. The van der Waals surface area contributed by atoms with E-state index < -0.39 is 0 Å². The topological polar surface area (TPSA) is 43.6 Å². The number of rotatable bonds is 11. The molecule has 3 heterocycles. The van der Waals surface area contributed by atoms with Crippen LogP contribution >= 0.6 is 11.3 Å². The van der Waals surface area contributed by atoms with Crippen LogP contribution in [0.1, 0.15) is 50.7 Å². The molecule has 0 aliphatic carbocycles. The van der Waals surface area contributed by atoms with Gasteiger partial charge in [-0.3, -0.25) is 0 Å². The molecule has 0 bridgehead atoms. The standard InChI is InChI=1S/C53H44N4S/c1-3-5-15-35-25-28-37(29-26-35)39-19-14-20-40(34-39)52-54-51(38-17-8-7-9-18-38)55-53(56-52)44-22-11-13-24-47(44)57-46-23-12-10-21-41(46)42-30-31-43-45-33-36(16-6-4-2)27-32-48(45)58-50(43)49(42)57/h7-14,17-34H,3-6,15-16H2,1-2H3. The predicted molar refractivity (Wildman–Crippen MR) is 246 cm³/mol. The Kier molecular flexibility index (Phi) is 9.60. The monoisotopic (exact) mass is 768 g/mol. The summed E-state index contributed by atoms with van der Waals surface area (Å²) >= 11 is 1.89. The second kappa shape index (κ2) is 15.5. The molecule has 0 N–H and O–H groups in total. The van der Waals surface area contributed by atoms with Crippen molar-refractivity contribution in [2.75, 3.05) is 0 Å². The van der Waals surface area contributed by atoms with Gasteiger partial charge in [-0.15, -0.1) is 11.3 Å². The molecule has 0 radical (unpaired) electrons. The Morgan fingerprint density at radius 1 is 0.466 bits per heavy atom. The predicted octanol–water partition coefficient (Wildman–Crippen LogP) is 14.7. The maximum Gasteiger partial charge on any atom is 0.166 e. The molecule has 0 unspecified atom stereocenters. The minimum absolute atomic E-state index is 0.639. The van der Waals surface area contributed by atoms with Gasteiger partial charge in [0.2, 0.25) is 0 Å². The largest absolute Gasteiger partial charge is 0.307 e. The molecule has 0 aliphatic rings. The van der Waals surface area contributed by atoms with Crippen LogP contribution in [0.25, 0.3) is 93.0 Å². The van der Waals surface area contributed by atoms with E-state index in [2.05, 4.69) is 158 Å². The third-order valence-electron chi connectivity index (χ3n) is 11.4. The van der Waals surface area contributed by atoms with Crippen LogP contribution in [0, 0.1) is 0 Å². The Labute approximate surface area is 343 Å². The fourth-order valence-electron chi connectivity index (χ4n) is 8.40. The first-order chi connectivity index (χ1) is 28.7. The summed E-state index contributed by atoms with van der Waals surface area (Å²) in [6.45, 7) is 4.50. The number of para-hydroxylation sites is 2. The molecule has 0 saturated carbocycles. The van der Waals surface area contributed by atoms with Crippen molar-refractivity contribution in [3.8, 4) is 51.0 Å². The van der Waals surface area contributed by atoms with Crippen LogP contribution in [0.5, 0.6) is 0 Å². The van der Waals surface area contributed by atoms with Crippen LogP contribution in [0.2, 0.25) is 0 Å². The zero-order valence-electron chi connectivity index (χ0n) is 33.0. The highest BCUT2D eigenvalue weighted by Gasteiger charge is 2.22. The molecule has 0 aliphatic heterocycles. The minimum Gasteiger partial charge on any atom is -0.307 e. The normalized spacial score (nSPS) is 11.7. The molecule has 7 aromatic carbocycles. The zero-order valence-corrected chi connectivity index (χ0v) is 33.8. The summed E-state index contributed by atoms with van der Waals surface area (Å²) in [5.74, 6) is 1.93. The van der Waals surface area contributed by atoms with Crippen molar-refractivity contribution >= 4 is 53.3 Å². The third-order valence-corrected chi connectivity index (χ3v) is 12.6.